The van der Waals surface area contributed by atoms with Crippen LogP contribution in [0.15, 0.2) is 46.6 Å². The molecule has 3 rings (SSSR count). The summed E-state index contributed by atoms with van der Waals surface area (Å²) in [6.45, 7) is 2.60. The molecule has 2 heterocycles. The van der Waals surface area contributed by atoms with Crippen LogP contribution in [-0.2, 0) is 11.3 Å². The number of tetrazole rings is 1. The molecule has 0 spiro atoms. The number of hydrogen-bond donors (Lipinski definition) is 0. The second-order valence-corrected chi connectivity index (χ2v) is 6.69. The van der Waals surface area contributed by atoms with Gasteiger partial charge in [0.05, 0.1) is 6.54 Å². The van der Waals surface area contributed by atoms with E-state index in [1.807, 2.05) is 42.6 Å². The van der Waals surface area contributed by atoms with Gasteiger partial charge in [-0.1, -0.05) is 12.1 Å². The Morgan fingerprint density at radius 1 is 1.27 bits per heavy atom. The van der Waals surface area contributed by atoms with Gasteiger partial charge < -0.3 is 9.64 Å². The third kappa shape index (κ3) is 4.17. The molecule has 0 saturated carbocycles. The van der Waals surface area contributed by atoms with Crippen molar-refractivity contribution in [3.63, 3.8) is 0 Å². The normalized spacial score (nSPS) is 10.7. The van der Waals surface area contributed by atoms with Gasteiger partial charge in [-0.15, -0.1) is 11.3 Å². The molecular weight excluding hydrogens is 354 g/mol. The minimum absolute atomic E-state index is 0.162. The maximum Gasteiger partial charge on any atom is 0.369 e. The average Bonchev–Trinajstić information content (AvgIpc) is 3.25. The van der Waals surface area contributed by atoms with Crippen molar-refractivity contribution >= 4 is 17.2 Å². The number of amides is 1. The Hall–Kier alpha value is -2.94. The highest BCUT2D eigenvalue weighted by Gasteiger charge is 2.15. The molecule has 136 valence electrons. The van der Waals surface area contributed by atoms with Crippen LogP contribution < -0.4 is 10.4 Å². The largest absolute Gasteiger partial charge is 0.492 e. The quantitative estimate of drug-likeness (QED) is 0.624. The Kier molecular flexibility index (Phi) is 5.47. The number of hydrogen-bond acceptors (Lipinski definition) is 6. The van der Waals surface area contributed by atoms with Crippen molar-refractivity contribution in [1.82, 2.24) is 24.7 Å². The van der Waals surface area contributed by atoms with Gasteiger partial charge in [0.2, 0.25) is 5.91 Å². The minimum atomic E-state index is -0.440. The van der Waals surface area contributed by atoms with Gasteiger partial charge in [-0.25, -0.2) is 4.79 Å². The summed E-state index contributed by atoms with van der Waals surface area (Å²) in [6.07, 6.45) is 0. The van der Waals surface area contributed by atoms with Crippen molar-refractivity contribution in [2.75, 3.05) is 20.2 Å². The highest BCUT2D eigenvalue weighted by molar-refractivity contribution is 7.12. The second kappa shape index (κ2) is 7.96. The molecule has 0 aliphatic carbocycles. The molecule has 0 aliphatic rings. The number of thiophene rings is 1. The highest BCUT2D eigenvalue weighted by Crippen LogP contribution is 2.12. The fraction of sp³-hybridized carbons (Fsp3) is 0.294. The maximum absolute atomic E-state index is 12.3. The third-order valence-corrected chi connectivity index (χ3v) is 4.59. The SMILES string of the molecule is Cc1cccc(OCCN(C)C(=O)Cn2nnn(-c3cccs3)c2=O)c1. The summed E-state index contributed by atoms with van der Waals surface area (Å²) in [5.74, 6) is 0.527. The minimum Gasteiger partial charge on any atom is -0.492 e. The van der Waals surface area contributed by atoms with Crippen LogP contribution in [0.5, 0.6) is 5.75 Å². The Labute approximate surface area is 154 Å². The molecule has 2 aromatic heterocycles. The molecule has 26 heavy (non-hydrogen) atoms. The standard InChI is InChI=1S/C17H19N5O3S/c1-13-5-3-6-14(11-13)25-9-8-20(2)15(23)12-21-17(24)22(19-18-21)16-7-4-10-26-16/h3-7,10-11H,8-9,12H2,1-2H3. The van der Waals surface area contributed by atoms with Crippen molar-refractivity contribution in [1.29, 1.82) is 0 Å². The zero-order valence-electron chi connectivity index (χ0n) is 14.5. The number of ether oxygens (including phenoxy) is 1. The number of benzene rings is 1. The van der Waals surface area contributed by atoms with Gasteiger partial charge in [-0.3, -0.25) is 4.79 Å². The first-order chi connectivity index (χ1) is 12.5. The molecule has 9 heteroatoms. The van der Waals surface area contributed by atoms with Crippen molar-refractivity contribution < 1.29 is 9.53 Å². The summed E-state index contributed by atoms with van der Waals surface area (Å²) >= 11 is 1.37. The molecule has 1 amide bonds. The summed E-state index contributed by atoms with van der Waals surface area (Å²) in [4.78, 5) is 26.1. The lowest BCUT2D eigenvalue weighted by atomic mass is 10.2. The van der Waals surface area contributed by atoms with E-state index in [1.54, 1.807) is 13.1 Å². The molecule has 0 aliphatic heterocycles. The van der Waals surface area contributed by atoms with Gasteiger partial charge in [0.15, 0.2) is 0 Å². The van der Waals surface area contributed by atoms with E-state index in [4.69, 9.17) is 4.74 Å². The van der Waals surface area contributed by atoms with Crippen LogP contribution in [0.4, 0.5) is 0 Å². The zero-order chi connectivity index (χ0) is 18.5. The van der Waals surface area contributed by atoms with E-state index < -0.39 is 5.69 Å². The Morgan fingerprint density at radius 3 is 2.85 bits per heavy atom. The van der Waals surface area contributed by atoms with Crippen molar-refractivity contribution in [3.05, 3.63) is 57.8 Å². The molecule has 0 bridgehead atoms. The molecule has 8 nitrogen and oxygen atoms in total. The number of carbonyl (C=O) groups is 1. The maximum atomic E-state index is 12.3. The molecule has 0 N–H and O–H groups in total. The van der Waals surface area contributed by atoms with E-state index in [0.29, 0.717) is 18.2 Å². The van der Waals surface area contributed by atoms with E-state index >= 15 is 0 Å². The first kappa shape index (κ1) is 17.9. The van der Waals surface area contributed by atoms with E-state index in [0.717, 1.165) is 16.0 Å². The van der Waals surface area contributed by atoms with Crippen LogP contribution in [0.25, 0.3) is 5.00 Å². The summed E-state index contributed by atoms with van der Waals surface area (Å²) in [5, 5.41) is 10.1. The van der Waals surface area contributed by atoms with Crippen molar-refractivity contribution in [2.45, 2.75) is 13.5 Å². The molecule has 0 atom stereocenters. The van der Waals surface area contributed by atoms with Crippen LogP contribution >= 0.6 is 11.3 Å². The zero-order valence-corrected chi connectivity index (χ0v) is 15.3. The van der Waals surface area contributed by atoms with Gasteiger partial charge in [-0.2, -0.15) is 9.36 Å². The fourth-order valence-corrected chi connectivity index (χ4v) is 2.95. The predicted octanol–water partition coefficient (Wildman–Crippen LogP) is 1.34. The van der Waals surface area contributed by atoms with E-state index in [-0.39, 0.29) is 12.5 Å². The lowest BCUT2D eigenvalue weighted by Crippen LogP contribution is -2.36. The number of likely N-dealkylation sites (N-methyl/N-ethyl adjacent to an activating group) is 1. The number of aryl methyl sites for hydroxylation is 1. The van der Waals surface area contributed by atoms with Gasteiger partial charge >= 0.3 is 5.69 Å². The van der Waals surface area contributed by atoms with Crippen LogP contribution in [-0.4, -0.2) is 50.8 Å². The molecule has 3 aromatic rings. The number of rotatable bonds is 7. The molecule has 0 unspecified atom stereocenters. The molecule has 0 radical (unpaired) electrons. The molecular formula is C17H19N5O3S. The Balaban J connectivity index is 1.54. The molecule has 0 saturated heterocycles. The van der Waals surface area contributed by atoms with Gasteiger partial charge in [0, 0.05) is 7.05 Å². The number of carbonyl (C=O) groups excluding carboxylic acids is 1. The first-order valence-electron chi connectivity index (χ1n) is 8.05. The van der Waals surface area contributed by atoms with Crippen LogP contribution in [0.1, 0.15) is 5.56 Å². The third-order valence-electron chi connectivity index (χ3n) is 3.75. The summed E-state index contributed by atoms with van der Waals surface area (Å²) in [6, 6.07) is 11.3. The van der Waals surface area contributed by atoms with E-state index in [9.17, 15) is 9.59 Å². The van der Waals surface area contributed by atoms with E-state index in [1.165, 1.54) is 20.9 Å². The number of aromatic nitrogens is 4. The summed E-state index contributed by atoms with van der Waals surface area (Å²) in [7, 11) is 1.66. The lowest BCUT2D eigenvalue weighted by molar-refractivity contribution is -0.131. The van der Waals surface area contributed by atoms with Gasteiger partial charge in [0.25, 0.3) is 0 Å². The van der Waals surface area contributed by atoms with Crippen molar-refractivity contribution in [2.24, 2.45) is 0 Å². The first-order valence-corrected chi connectivity index (χ1v) is 8.92. The molecule has 0 fully saturated rings. The fourth-order valence-electron chi connectivity index (χ4n) is 2.28. The average molecular weight is 373 g/mol. The topological polar surface area (TPSA) is 82.2 Å². The van der Waals surface area contributed by atoms with Gasteiger partial charge in [-0.05, 0) is 52.6 Å². The second-order valence-electron chi connectivity index (χ2n) is 5.76. The van der Waals surface area contributed by atoms with Crippen LogP contribution in [0, 0.1) is 6.92 Å². The van der Waals surface area contributed by atoms with Gasteiger partial charge in [0.1, 0.15) is 23.9 Å². The predicted molar refractivity (Wildman–Crippen MR) is 97.8 cm³/mol. The Morgan fingerprint density at radius 2 is 2.12 bits per heavy atom. The summed E-state index contributed by atoms with van der Waals surface area (Å²) < 4.78 is 7.88. The molecule has 1 aromatic carbocycles. The highest BCUT2D eigenvalue weighted by atomic mass is 32.1. The lowest BCUT2D eigenvalue weighted by Gasteiger charge is -2.17. The monoisotopic (exact) mass is 373 g/mol. The van der Waals surface area contributed by atoms with Crippen molar-refractivity contribution in [3.8, 4) is 10.8 Å². The van der Waals surface area contributed by atoms with Crippen LogP contribution in [0.3, 0.4) is 0 Å². The van der Waals surface area contributed by atoms with Crippen LogP contribution in [0.2, 0.25) is 0 Å². The Bertz CT molecular complexity index is 932. The number of nitrogens with zero attached hydrogens (tertiary/aromatic N) is 5. The van der Waals surface area contributed by atoms with E-state index in [2.05, 4.69) is 10.4 Å². The summed E-state index contributed by atoms with van der Waals surface area (Å²) in [5.41, 5.74) is 0.672. The smallest absolute Gasteiger partial charge is 0.369 e.